The first kappa shape index (κ1) is 22.1. The second-order valence-corrected chi connectivity index (χ2v) is 8.07. The molecule has 0 radical (unpaired) electrons. The number of rotatable bonds is 7. The Kier molecular flexibility index (Phi) is 7.58. The second-order valence-electron chi connectivity index (χ2n) is 8.07. The zero-order chi connectivity index (χ0) is 22.2. The Morgan fingerprint density at radius 1 is 0.812 bits per heavy atom. The van der Waals surface area contributed by atoms with Crippen molar-refractivity contribution in [3.8, 4) is 11.5 Å². The van der Waals surface area contributed by atoms with Crippen LogP contribution >= 0.6 is 0 Å². The van der Waals surface area contributed by atoms with E-state index in [4.69, 9.17) is 9.47 Å². The van der Waals surface area contributed by atoms with Crippen molar-refractivity contribution in [2.24, 2.45) is 0 Å². The van der Waals surface area contributed by atoms with Crippen LogP contribution in [-0.4, -0.2) is 74.1 Å². The first-order chi connectivity index (χ1) is 15.7. The smallest absolute Gasteiger partial charge is 0.238 e. The summed E-state index contributed by atoms with van der Waals surface area (Å²) in [4.78, 5) is 28.9. The SMILES string of the molecule is O=C(CN1CCN(CC(=O)Nc2ccc3c(c2)OCCCO3)CC1)NCc1ccccc1. The van der Waals surface area contributed by atoms with Crippen LogP contribution in [0.1, 0.15) is 12.0 Å². The maximum absolute atomic E-state index is 12.5. The fourth-order valence-electron chi connectivity index (χ4n) is 3.81. The Morgan fingerprint density at radius 2 is 1.47 bits per heavy atom. The first-order valence-electron chi connectivity index (χ1n) is 11.1. The second kappa shape index (κ2) is 11.0. The molecule has 0 saturated carbocycles. The van der Waals surface area contributed by atoms with Gasteiger partial charge in [0.1, 0.15) is 0 Å². The van der Waals surface area contributed by atoms with Gasteiger partial charge in [-0.2, -0.15) is 0 Å². The highest BCUT2D eigenvalue weighted by Gasteiger charge is 2.21. The third kappa shape index (κ3) is 6.45. The standard InChI is InChI=1S/C24H30N4O4/c29-23(25-16-19-5-2-1-3-6-19)17-27-9-11-28(12-10-27)18-24(30)26-20-7-8-21-22(15-20)32-14-4-13-31-21/h1-3,5-8,15H,4,9-14,16-18H2,(H,25,29)(H,26,30). The molecule has 0 unspecified atom stereocenters. The van der Waals surface area contributed by atoms with Crippen LogP contribution in [0.25, 0.3) is 0 Å². The molecule has 2 aromatic carbocycles. The summed E-state index contributed by atoms with van der Waals surface area (Å²) < 4.78 is 11.3. The van der Waals surface area contributed by atoms with Crippen molar-refractivity contribution in [2.45, 2.75) is 13.0 Å². The molecule has 1 saturated heterocycles. The number of fused-ring (bicyclic) bond motifs is 1. The van der Waals surface area contributed by atoms with E-state index in [1.807, 2.05) is 48.5 Å². The van der Waals surface area contributed by atoms with Crippen molar-refractivity contribution in [2.75, 3.05) is 57.8 Å². The van der Waals surface area contributed by atoms with Gasteiger partial charge in [0.15, 0.2) is 11.5 Å². The fourth-order valence-corrected chi connectivity index (χ4v) is 3.81. The van der Waals surface area contributed by atoms with Crippen molar-refractivity contribution in [1.29, 1.82) is 0 Å². The summed E-state index contributed by atoms with van der Waals surface area (Å²) in [5.41, 5.74) is 1.79. The molecule has 2 aliphatic heterocycles. The lowest BCUT2D eigenvalue weighted by molar-refractivity contribution is -0.123. The van der Waals surface area contributed by atoms with E-state index in [2.05, 4.69) is 20.4 Å². The lowest BCUT2D eigenvalue weighted by Crippen LogP contribution is -2.50. The summed E-state index contributed by atoms with van der Waals surface area (Å²) in [6, 6.07) is 15.4. The van der Waals surface area contributed by atoms with Crippen LogP contribution in [0, 0.1) is 0 Å². The van der Waals surface area contributed by atoms with E-state index in [9.17, 15) is 9.59 Å². The fraction of sp³-hybridized carbons (Fsp3) is 0.417. The molecule has 2 amide bonds. The molecule has 2 aliphatic rings. The summed E-state index contributed by atoms with van der Waals surface area (Å²) >= 11 is 0. The third-order valence-electron chi connectivity index (χ3n) is 5.56. The van der Waals surface area contributed by atoms with E-state index in [0.717, 1.165) is 38.2 Å². The molecule has 170 valence electrons. The Balaban J connectivity index is 1.16. The number of ether oxygens (including phenoxy) is 2. The molecule has 2 N–H and O–H groups in total. The van der Waals surface area contributed by atoms with Gasteiger partial charge in [-0.05, 0) is 17.7 Å². The number of hydrogen-bond acceptors (Lipinski definition) is 6. The number of hydrogen-bond donors (Lipinski definition) is 2. The van der Waals surface area contributed by atoms with Crippen LogP contribution in [0.2, 0.25) is 0 Å². The van der Waals surface area contributed by atoms with Crippen LogP contribution in [-0.2, 0) is 16.1 Å². The summed E-state index contributed by atoms with van der Waals surface area (Å²) in [6.07, 6.45) is 0.844. The number of amides is 2. The minimum Gasteiger partial charge on any atom is -0.490 e. The topological polar surface area (TPSA) is 83.1 Å². The molecule has 8 nitrogen and oxygen atoms in total. The van der Waals surface area contributed by atoms with E-state index in [-0.39, 0.29) is 11.8 Å². The van der Waals surface area contributed by atoms with E-state index in [1.165, 1.54) is 0 Å². The van der Waals surface area contributed by atoms with E-state index in [0.29, 0.717) is 50.0 Å². The van der Waals surface area contributed by atoms with Gasteiger partial charge in [0.05, 0.1) is 26.3 Å². The van der Waals surface area contributed by atoms with E-state index in [1.54, 1.807) is 0 Å². The Labute approximate surface area is 188 Å². The molecule has 0 aliphatic carbocycles. The number of nitrogens with zero attached hydrogens (tertiary/aromatic N) is 2. The monoisotopic (exact) mass is 438 g/mol. The number of nitrogens with one attached hydrogen (secondary N) is 2. The summed E-state index contributed by atoms with van der Waals surface area (Å²) in [6.45, 7) is 5.51. The van der Waals surface area contributed by atoms with Gasteiger partial charge in [0, 0.05) is 50.9 Å². The van der Waals surface area contributed by atoms with Gasteiger partial charge in [-0.15, -0.1) is 0 Å². The van der Waals surface area contributed by atoms with Gasteiger partial charge >= 0.3 is 0 Å². The number of piperazine rings is 1. The highest BCUT2D eigenvalue weighted by Crippen LogP contribution is 2.32. The van der Waals surface area contributed by atoms with Crippen LogP contribution in [0.4, 0.5) is 5.69 Å². The van der Waals surface area contributed by atoms with Gasteiger partial charge < -0.3 is 20.1 Å². The highest BCUT2D eigenvalue weighted by atomic mass is 16.5. The quantitative estimate of drug-likeness (QED) is 0.685. The van der Waals surface area contributed by atoms with Crippen molar-refractivity contribution in [3.05, 3.63) is 54.1 Å². The number of carbonyl (C=O) groups is 2. The third-order valence-corrected chi connectivity index (χ3v) is 5.56. The maximum Gasteiger partial charge on any atom is 0.238 e. The average molecular weight is 439 g/mol. The highest BCUT2D eigenvalue weighted by molar-refractivity contribution is 5.92. The van der Waals surface area contributed by atoms with E-state index >= 15 is 0 Å². The van der Waals surface area contributed by atoms with Gasteiger partial charge in [-0.25, -0.2) is 0 Å². The normalized spacial score (nSPS) is 16.8. The van der Waals surface area contributed by atoms with Gasteiger partial charge in [-0.1, -0.05) is 30.3 Å². The lowest BCUT2D eigenvalue weighted by atomic mass is 10.2. The van der Waals surface area contributed by atoms with Crippen molar-refractivity contribution < 1.29 is 19.1 Å². The minimum atomic E-state index is -0.0615. The Morgan fingerprint density at radius 3 is 2.19 bits per heavy atom. The predicted octanol–water partition coefficient (Wildman–Crippen LogP) is 1.72. The van der Waals surface area contributed by atoms with Gasteiger partial charge in [0.25, 0.3) is 0 Å². The van der Waals surface area contributed by atoms with E-state index < -0.39 is 0 Å². The molecule has 0 aromatic heterocycles. The number of anilines is 1. The van der Waals surface area contributed by atoms with Gasteiger partial charge in [0.2, 0.25) is 11.8 Å². The zero-order valence-electron chi connectivity index (χ0n) is 18.2. The molecule has 1 fully saturated rings. The Hall–Kier alpha value is -3.10. The Bertz CT molecular complexity index is 913. The molecule has 0 atom stereocenters. The molecular formula is C24H30N4O4. The molecule has 8 heteroatoms. The summed E-state index contributed by atoms with van der Waals surface area (Å²) in [7, 11) is 0. The summed E-state index contributed by atoms with van der Waals surface area (Å²) in [5, 5.41) is 5.91. The van der Waals surface area contributed by atoms with Crippen LogP contribution in [0.3, 0.4) is 0 Å². The number of benzene rings is 2. The lowest BCUT2D eigenvalue weighted by Gasteiger charge is -2.33. The van der Waals surface area contributed by atoms with Gasteiger partial charge in [-0.3, -0.25) is 19.4 Å². The molecule has 0 spiro atoms. The van der Waals surface area contributed by atoms with Crippen LogP contribution < -0.4 is 20.1 Å². The minimum absolute atomic E-state index is 0.0226. The van der Waals surface area contributed by atoms with Crippen LogP contribution in [0.15, 0.2) is 48.5 Å². The molecule has 4 rings (SSSR count). The van der Waals surface area contributed by atoms with Crippen molar-refractivity contribution in [3.63, 3.8) is 0 Å². The molecule has 2 heterocycles. The van der Waals surface area contributed by atoms with Crippen LogP contribution in [0.5, 0.6) is 11.5 Å². The first-order valence-corrected chi connectivity index (χ1v) is 11.1. The molecular weight excluding hydrogens is 408 g/mol. The largest absolute Gasteiger partial charge is 0.490 e. The van der Waals surface area contributed by atoms with Crippen molar-refractivity contribution in [1.82, 2.24) is 15.1 Å². The van der Waals surface area contributed by atoms with Crippen molar-refractivity contribution >= 4 is 17.5 Å². The predicted molar refractivity (Wildman–Crippen MR) is 122 cm³/mol. The molecule has 32 heavy (non-hydrogen) atoms. The summed E-state index contributed by atoms with van der Waals surface area (Å²) in [5.74, 6) is 1.34. The molecule has 0 bridgehead atoms. The maximum atomic E-state index is 12.5. The average Bonchev–Trinajstić information content (AvgIpc) is 3.05. The number of carbonyl (C=O) groups excluding carboxylic acids is 2. The zero-order valence-corrected chi connectivity index (χ0v) is 18.2. The molecule has 2 aromatic rings.